The van der Waals surface area contributed by atoms with Crippen molar-refractivity contribution >= 4 is 5.97 Å². The zero-order valence-electron chi connectivity index (χ0n) is 10.7. The molecule has 4 heteroatoms. The lowest BCUT2D eigenvalue weighted by Gasteiger charge is -2.38. The molecule has 1 saturated carbocycles. The fourth-order valence-corrected chi connectivity index (χ4v) is 2.82. The number of carboxylic acid groups (broad SMARTS) is 1. The summed E-state index contributed by atoms with van der Waals surface area (Å²) < 4.78 is 1.75. The number of carboxylic acids is 1. The molecule has 1 aliphatic carbocycles. The van der Waals surface area contributed by atoms with Crippen LogP contribution in [0.25, 0.3) is 0 Å². The Balaban J connectivity index is 2.28. The predicted octanol–water partition coefficient (Wildman–Crippen LogP) is 2.41. The van der Waals surface area contributed by atoms with Crippen molar-refractivity contribution in [1.29, 1.82) is 0 Å². The molecule has 1 fully saturated rings. The van der Waals surface area contributed by atoms with Gasteiger partial charge in [-0.3, -0.25) is 9.48 Å². The molecule has 1 aromatic heterocycles. The number of hydrogen-bond donors (Lipinski definition) is 1. The number of aromatic nitrogens is 2. The second-order valence-electron chi connectivity index (χ2n) is 5.87. The third-order valence-electron chi connectivity index (χ3n) is 3.82. The van der Waals surface area contributed by atoms with Gasteiger partial charge in [-0.1, -0.05) is 13.8 Å². The van der Waals surface area contributed by atoms with E-state index >= 15 is 0 Å². The SMILES string of the molecule is Cn1ccc(C2CC(C)(C)CCC2C(=O)O)n1. The third-order valence-corrected chi connectivity index (χ3v) is 3.82. The fourth-order valence-electron chi connectivity index (χ4n) is 2.82. The fraction of sp³-hybridized carbons (Fsp3) is 0.692. The molecule has 0 saturated heterocycles. The summed E-state index contributed by atoms with van der Waals surface area (Å²) in [5.41, 5.74) is 1.14. The monoisotopic (exact) mass is 236 g/mol. The van der Waals surface area contributed by atoms with Crippen LogP contribution in [0.15, 0.2) is 12.3 Å². The summed E-state index contributed by atoms with van der Waals surface area (Å²) in [6.07, 6.45) is 4.52. The van der Waals surface area contributed by atoms with Crippen LogP contribution in [0.1, 0.15) is 44.7 Å². The van der Waals surface area contributed by atoms with Gasteiger partial charge in [0.1, 0.15) is 0 Å². The van der Waals surface area contributed by atoms with Gasteiger partial charge in [-0.15, -0.1) is 0 Å². The number of aryl methyl sites for hydroxylation is 1. The van der Waals surface area contributed by atoms with Crippen molar-refractivity contribution in [2.24, 2.45) is 18.4 Å². The highest BCUT2D eigenvalue weighted by molar-refractivity contribution is 5.71. The number of aliphatic carboxylic acids is 1. The Morgan fingerprint density at radius 2 is 2.29 bits per heavy atom. The average Bonchev–Trinajstić information content (AvgIpc) is 2.62. The summed E-state index contributed by atoms with van der Waals surface area (Å²) in [7, 11) is 1.87. The Morgan fingerprint density at radius 3 is 2.82 bits per heavy atom. The number of hydrogen-bond acceptors (Lipinski definition) is 2. The van der Waals surface area contributed by atoms with Gasteiger partial charge in [0.05, 0.1) is 11.6 Å². The van der Waals surface area contributed by atoms with E-state index in [1.165, 1.54) is 0 Å². The van der Waals surface area contributed by atoms with Crippen LogP contribution in [0, 0.1) is 11.3 Å². The number of nitrogens with zero attached hydrogens (tertiary/aromatic N) is 2. The van der Waals surface area contributed by atoms with Crippen molar-refractivity contribution in [3.05, 3.63) is 18.0 Å². The van der Waals surface area contributed by atoms with E-state index in [9.17, 15) is 9.90 Å². The van der Waals surface area contributed by atoms with Crippen LogP contribution in [0.2, 0.25) is 0 Å². The molecule has 94 valence electrons. The first-order valence-corrected chi connectivity index (χ1v) is 6.11. The van der Waals surface area contributed by atoms with Crippen LogP contribution < -0.4 is 0 Å². The zero-order valence-corrected chi connectivity index (χ0v) is 10.7. The van der Waals surface area contributed by atoms with Crippen LogP contribution in [-0.4, -0.2) is 20.9 Å². The van der Waals surface area contributed by atoms with Crippen LogP contribution in [-0.2, 0) is 11.8 Å². The minimum atomic E-state index is -0.684. The number of rotatable bonds is 2. The average molecular weight is 236 g/mol. The topological polar surface area (TPSA) is 55.1 Å². The molecule has 0 amide bonds. The van der Waals surface area contributed by atoms with Gasteiger partial charge >= 0.3 is 5.97 Å². The lowest BCUT2D eigenvalue weighted by atomic mass is 9.66. The Bertz CT molecular complexity index is 423. The highest BCUT2D eigenvalue weighted by Gasteiger charge is 2.40. The molecule has 2 rings (SSSR count). The van der Waals surface area contributed by atoms with Gasteiger partial charge in [-0.05, 0) is 30.7 Å². The van der Waals surface area contributed by atoms with Gasteiger partial charge in [-0.2, -0.15) is 5.10 Å². The van der Waals surface area contributed by atoms with Gasteiger partial charge in [0.25, 0.3) is 0 Å². The van der Waals surface area contributed by atoms with Gasteiger partial charge in [0.2, 0.25) is 0 Å². The molecule has 2 atom stereocenters. The summed E-state index contributed by atoms with van der Waals surface area (Å²) in [5, 5.41) is 13.7. The molecule has 0 aromatic carbocycles. The third kappa shape index (κ3) is 2.51. The Morgan fingerprint density at radius 1 is 1.59 bits per heavy atom. The van der Waals surface area contributed by atoms with E-state index in [1.54, 1.807) is 4.68 Å². The molecular formula is C13H20N2O2. The molecule has 1 aliphatic rings. The van der Waals surface area contributed by atoms with Gasteiger partial charge in [0.15, 0.2) is 0 Å². The van der Waals surface area contributed by atoms with E-state index in [0.29, 0.717) is 0 Å². The standard InChI is InChI=1S/C13H20N2O2/c1-13(2)6-4-9(12(16)17)10(8-13)11-5-7-15(3)14-11/h5,7,9-10H,4,6,8H2,1-3H3,(H,16,17). The predicted molar refractivity (Wildman–Crippen MR) is 64.7 cm³/mol. The molecule has 1 heterocycles. The normalized spacial score (nSPS) is 27.9. The molecule has 0 spiro atoms. The number of carbonyl (C=O) groups is 1. The maximum atomic E-state index is 11.3. The van der Waals surface area contributed by atoms with Crippen LogP contribution >= 0.6 is 0 Å². The Hall–Kier alpha value is -1.32. The van der Waals surface area contributed by atoms with Gasteiger partial charge < -0.3 is 5.11 Å². The first-order valence-electron chi connectivity index (χ1n) is 6.11. The highest BCUT2D eigenvalue weighted by Crippen LogP contribution is 2.46. The van der Waals surface area contributed by atoms with E-state index in [0.717, 1.165) is 25.0 Å². The summed E-state index contributed by atoms with van der Waals surface area (Å²) in [5.74, 6) is -0.911. The minimum absolute atomic E-state index is 0.0532. The lowest BCUT2D eigenvalue weighted by Crippen LogP contribution is -2.33. The van der Waals surface area contributed by atoms with Crippen LogP contribution in [0.4, 0.5) is 0 Å². The zero-order chi connectivity index (χ0) is 12.6. The highest BCUT2D eigenvalue weighted by atomic mass is 16.4. The molecule has 0 radical (unpaired) electrons. The second-order valence-corrected chi connectivity index (χ2v) is 5.87. The lowest BCUT2D eigenvalue weighted by molar-refractivity contribution is -0.144. The molecular weight excluding hydrogens is 216 g/mol. The second kappa shape index (κ2) is 4.17. The maximum Gasteiger partial charge on any atom is 0.307 e. The maximum absolute atomic E-state index is 11.3. The van der Waals surface area contributed by atoms with E-state index in [-0.39, 0.29) is 17.3 Å². The van der Waals surface area contributed by atoms with E-state index in [1.807, 2.05) is 19.3 Å². The summed E-state index contributed by atoms with van der Waals surface area (Å²) in [6.45, 7) is 4.42. The van der Waals surface area contributed by atoms with Crippen molar-refractivity contribution < 1.29 is 9.90 Å². The summed E-state index contributed by atoms with van der Waals surface area (Å²) in [4.78, 5) is 11.3. The van der Waals surface area contributed by atoms with Gasteiger partial charge in [-0.25, -0.2) is 0 Å². The van der Waals surface area contributed by atoms with Gasteiger partial charge in [0, 0.05) is 19.2 Å². The smallest absolute Gasteiger partial charge is 0.307 e. The molecule has 1 aromatic rings. The van der Waals surface area contributed by atoms with E-state index in [4.69, 9.17) is 0 Å². The van der Waals surface area contributed by atoms with Crippen molar-refractivity contribution in [1.82, 2.24) is 9.78 Å². The van der Waals surface area contributed by atoms with Crippen molar-refractivity contribution in [3.8, 4) is 0 Å². The minimum Gasteiger partial charge on any atom is -0.481 e. The Labute approximate surface area is 102 Å². The van der Waals surface area contributed by atoms with Crippen molar-refractivity contribution in [2.75, 3.05) is 0 Å². The molecule has 0 aliphatic heterocycles. The van der Waals surface area contributed by atoms with Crippen LogP contribution in [0.5, 0.6) is 0 Å². The first kappa shape index (κ1) is 12.1. The van der Waals surface area contributed by atoms with E-state index in [2.05, 4.69) is 18.9 Å². The summed E-state index contributed by atoms with van der Waals surface area (Å²) in [6, 6.07) is 1.95. The van der Waals surface area contributed by atoms with Crippen LogP contribution in [0.3, 0.4) is 0 Å². The molecule has 17 heavy (non-hydrogen) atoms. The van der Waals surface area contributed by atoms with E-state index < -0.39 is 5.97 Å². The molecule has 1 N–H and O–H groups in total. The molecule has 2 unspecified atom stereocenters. The van der Waals surface area contributed by atoms with Crippen molar-refractivity contribution in [3.63, 3.8) is 0 Å². The molecule has 0 bridgehead atoms. The quantitative estimate of drug-likeness (QED) is 0.858. The van der Waals surface area contributed by atoms with Crippen molar-refractivity contribution in [2.45, 2.75) is 39.0 Å². The largest absolute Gasteiger partial charge is 0.481 e. The Kier molecular flexibility index (Phi) is 2.98. The molecule has 4 nitrogen and oxygen atoms in total. The first-order chi connectivity index (χ1) is 7.89. The summed E-state index contributed by atoms with van der Waals surface area (Å²) >= 11 is 0.